The molecule has 32 heavy (non-hydrogen) atoms. The largest absolute Gasteiger partial charge is 0.497 e. The van der Waals surface area contributed by atoms with Crippen molar-refractivity contribution < 1.29 is 18.7 Å². The Morgan fingerprint density at radius 2 is 2.12 bits per heavy atom. The number of hydrogen-bond donors (Lipinski definition) is 0. The second-order valence-corrected chi connectivity index (χ2v) is 9.43. The van der Waals surface area contributed by atoms with Gasteiger partial charge in [-0.3, -0.25) is 9.36 Å². The molecule has 0 bridgehead atoms. The van der Waals surface area contributed by atoms with Crippen molar-refractivity contribution in [3.8, 4) is 5.75 Å². The molecule has 0 spiro atoms. The average molecular weight is 582 g/mol. The van der Waals surface area contributed by atoms with Crippen molar-refractivity contribution in [2.75, 3.05) is 13.7 Å². The van der Waals surface area contributed by atoms with Gasteiger partial charge in [-0.2, -0.15) is 0 Å². The Kier molecular flexibility index (Phi) is 6.55. The summed E-state index contributed by atoms with van der Waals surface area (Å²) < 4.78 is 19.5. The van der Waals surface area contributed by atoms with Crippen molar-refractivity contribution >= 4 is 55.2 Å². The summed E-state index contributed by atoms with van der Waals surface area (Å²) in [5, 5.41) is 0. The van der Waals surface area contributed by atoms with E-state index in [4.69, 9.17) is 13.9 Å². The lowest BCUT2D eigenvalue weighted by atomic mass is 9.95. The molecule has 7 nitrogen and oxygen atoms in total. The summed E-state index contributed by atoms with van der Waals surface area (Å²) in [6.45, 7) is 3.70. The van der Waals surface area contributed by atoms with E-state index in [9.17, 15) is 9.59 Å². The number of carbonyl (C=O) groups excluding carboxylic acids is 1. The lowest BCUT2D eigenvalue weighted by Crippen LogP contribution is -2.39. The molecule has 1 aliphatic rings. The highest BCUT2D eigenvalue weighted by Crippen LogP contribution is 2.32. The number of halogens is 2. The van der Waals surface area contributed by atoms with Gasteiger partial charge in [-0.05, 0) is 69.5 Å². The zero-order valence-corrected chi connectivity index (χ0v) is 21.3. The van der Waals surface area contributed by atoms with Gasteiger partial charge in [0.2, 0.25) is 0 Å². The molecule has 166 valence electrons. The minimum Gasteiger partial charge on any atom is -0.497 e. The van der Waals surface area contributed by atoms with E-state index in [2.05, 4.69) is 36.9 Å². The van der Waals surface area contributed by atoms with Crippen LogP contribution in [0.1, 0.15) is 31.2 Å². The van der Waals surface area contributed by atoms with Crippen LogP contribution in [0.25, 0.3) is 6.08 Å². The Morgan fingerprint density at radius 1 is 1.34 bits per heavy atom. The number of hydrogen-bond acceptors (Lipinski definition) is 7. The van der Waals surface area contributed by atoms with Crippen molar-refractivity contribution in [3.05, 3.63) is 81.8 Å². The molecule has 0 saturated carbocycles. The first-order valence-electron chi connectivity index (χ1n) is 9.62. The molecule has 0 unspecified atom stereocenters. The van der Waals surface area contributed by atoms with Crippen molar-refractivity contribution in [3.63, 3.8) is 0 Å². The minimum atomic E-state index is -0.697. The smallest absolute Gasteiger partial charge is 0.338 e. The van der Waals surface area contributed by atoms with Gasteiger partial charge in [0.25, 0.3) is 5.56 Å². The van der Waals surface area contributed by atoms with Gasteiger partial charge in [0.05, 0.1) is 40.0 Å². The maximum atomic E-state index is 13.5. The number of rotatable bonds is 5. The van der Waals surface area contributed by atoms with Crippen molar-refractivity contribution in [1.82, 2.24) is 4.57 Å². The van der Waals surface area contributed by atoms with Crippen LogP contribution in [0.2, 0.25) is 0 Å². The summed E-state index contributed by atoms with van der Waals surface area (Å²) >= 11 is 7.91. The molecule has 2 aromatic heterocycles. The van der Waals surface area contributed by atoms with E-state index in [1.54, 1.807) is 45.2 Å². The third-order valence-electron chi connectivity index (χ3n) is 4.86. The molecular formula is C22H18Br2N2O5S. The van der Waals surface area contributed by atoms with E-state index in [1.165, 1.54) is 15.9 Å². The van der Waals surface area contributed by atoms with E-state index >= 15 is 0 Å². The number of benzene rings is 1. The molecule has 1 aliphatic heterocycles. The van der Waals surface area contributed by atoms with Crippen LogP contribution in [0, 0.1) is 0 Å². The lowest BCUT2D eigenvalue weighted by Gasteiger charge is -2.24. The van der Waals surface area contributed by atoms with E-state index in [-0.39, 0.29) is 12.2 Å². The normalized spacial score (nSPS) is 16.0. The number of allylic oxidation sites excluding steroid dienone is 1. The van der Waals surface area contributed by atoms with Crippen LogP contribution < -0.4 is 19.6 Å². The van der Waals surface area contributed by atoms with Crippen molar-refractivity contribution in [2.45, 2.75) is 19.9 Å². The minimum absolute atomic E-state index is 0.215. The van der Waals surface area contributed by atoms with E-state index in [0.29, 0.717) is 36.8 Å². The molecule has 0 N–H and O–H groups in total. The highest BCUT2D eigenvalue weighted by atomic mass is 79.9. The number of ether oxygens (including phenoxy) is 2. The summed E-state index contributed by atoms with van der Waals surface area (Å²) in [7, 11) is 1.57. The number of furan rings is 1. The Hall–Kier alpha value is -2.43. The average Bonchev–Trinajstić information content (AvgIpc) is 3.24. The first-order valence-corrected chi connectivity index (χ1v) is 12.0. The summed E-state index contributed by atoms with van der Waals surface area (Å²) in [6, 6.07) is 8.35. The Bertz CT molecular complexity index is 1400. The zero-order chi connectivity index (χ0) is 23.0. The molecular weight excluding hydrogens is 564 g/mol. The van der Waals surface area contributed by atoms with Gasteiger partial charge in [0.1, 0.15) is 11.5 Å². The molecule has 0 fully saturated rings. The zero-order valence-electron chi connectivity index (χ0n) is 17.3. The fourth-order valence-electron chi connectivity index (χ4n) is 3.48. The van der Waals surface area contributed by atoms with Crippen LogP contribution in [-0.4, -0.2) is 24.3 Å². The van der Waals surface area contributed by atoms with Gasteiger partial charge < -0.3 is 13.9 Å². The highest BCUT2D eigenvalue weighted by molar-refractivity contribution is 9.13. The van der Waals surface area contributed by atoms with Crippen LogP contribution in [0.4, 0.5) is 0 Å². The number of aromatic nitrogens is 1. The molecule has 10 heteroatoms. The monoisotopic (exact) mass is 580 g/mol. The molecule has 0 aliphatic carbocycles. The van der Waals surface area contributed by atoms with Gasteiger partial charge in [0.15, 0.2) is 9.47 Å². The fourth-order valence-corrected chi connectivity index (χ4v) is 5.12. The molecule has 4 rings (SSSR count). The first-order chi connectivity index (χ1) is 15.3. The number of methoxy groups -OCH3 is 1. The predicted molar refractivity (Wildman–Crippen MR) is 128 cm³/mol. The Morgan fingerprint density at radius 3 is 2.78 bits per heavy atom. The second kappa shape index (κ2) is 9.21. The topological polar surface area (TPSA) is 83.0 Å². The summed E-state index contributed by atoms with van der Waals surface area (Å²) in [5.41, 5.74) is 1.27. The fraction of sp³-hybridized carbons (Fsp3) is 0.227. The van der Waals surface area contributed by atoms with E-state index < -0.39 is 12.0 Å². The number of nitrogens with zero attached hydrogens (tertiary/aromatic N) is 2. The summed E-state index contributed by atoms with van der Waals surface area (Å²) in [6.07, 6.45) is 1.66. The van der Waals surface area contributed by atoms with Crippen LogP contribution in [0.15, 0.2) is 64.9 Å². The highest BCUT2D eigenvalue weighted by Gasteiger charge is 2.33. The third-order valence-corrected chi connectivity index (χ3v) is 7.56. The van der Waals surface area contributed by atoms with Crippen LogP contribution in [-0.2, 0) is 9.53 Å². The molecule has 0 amide bonds. The van der Waals surface area contributed by atoms with Gasteiger partial charge >= 0.3 is 5.97 Å². The number of esters is 1. The first kappa shape index (κ1) is 22.8. The van der Waals surface area contributed by atoms with Gasteiger partial charge in [-0.15, -0.1) is 0 Å². The molecule has 3 aromatic rings. The molecule has 0 radical (unpaired) electrons. The number of thiazole rings is 1. The third kappa shape index (κ3) is 4.14. The second-order valence-electron chi connectivity index (χ2n) is 6.85. The van der Waals surface area contributed by atoms with Crippen molar-refractivity contribution in [1.29, 1.82) is 0 Å². The molecule has 1 aromatic carbocycles. The summed E-state index contributed by atoms with van der Waals surface area (Å²) in [4.78, 5) is 31.4. The standard InChI is InChI=1S/C22H18Br2N2O5S/c1-4-30-21(28)17-11(2)25-22-26(18(17)12-6-5-7-13(8-12)29-3)20(27)16(32-22)10-14-9-15(23)19(24)31-14/h5-10,18H,4H2,1-3H3/b16-10+/t18-/m0/s1. The van der Waals surface area contributed by atoms with Gasteiger partial charge in [-0.25, -0.2) is 9.79 Å². The van der Waals surface area contributed by atoms with Crippen LogP contribution >= 0.6 is 43.2 Å². The summed E-state index contributed by atoms with van der Waals surface area (Å²) in [5.74, 6) is 0.621. The SMILES string of the molecule is CCOC(=O)C1=C(C)N=c2s/c(=C/c3cc(Br)c(Br)o3)c(=O)n2[C@H]1c1cccc(OC)c1. The maximum absolute atomic E-state index is 13.5. The molecule has 1 atom stereocenters. The predicted octanol–water partition coefficient (Wildman–Crippen LogP) is 3.92. The quantitative estimate of drug-likeness (QED) is 0.426. The molecule has 0 saturated heterocycles. The lowest BCUT2D eigenvalue weighted by molar-refractivity contribution is -0.139. The Labute approximate surface area is 203 Å². The van der Waals surface area contributed by atoms with Gasteiger partial charge in [-0.1, -0.05) is 23.5 Å². The van der Waals surface area contributed by atoms with E-state index in [0.717, 1.165) is 10.0 Å². The van der Waals surface area contributed by atoms with Crippen molar-refractivity contribution in [2.24, 2.45) is 4.99 Å². The maximum Gasteiger partial charge on any atom is 0.338 e. The Balaban J connectivity index is 1.97. The number of fused-ring (bicyclic) bond motifs is 1. The van der Waals surface area contributed by atoms with Crippen LogP contribution in [0.3, 0.4) is 0 Å². The van der Waals surface area contributed by atoms with Crippen LogP contribution in [0.5, 0.6) is 5.75 Å². The molecule has 3 heterocycles. The number of carbonyl (C=O) groups is 1. The van der Waals surface area contributed by atoms with E-state index in [1.807, 2.05) is 12.1 Å². The van der Waals surface area contributed by atoms with Gasteiger partial charge in [0, 0.05) is 6.08 Å².